The maximum absolute atomic E-state index is 13.2. The minimum Gasteiger partial charge on any atom is -0.438 e. The molecule has 12 N–H and O–H groups in total. The Balaban J connectivity index is 0.000000209. The molecule has 0 saturated heterocycles. The van der Waals surface area contributed by atoms with Crippen molar-refractivity contribution in [2.24, 2.45) is 0 Å². The molecule has 21 nitrogen and oxygen atoms in total. The number of anilines is 3. The molecule has 99 heavy (non-hydrogen) atoms. The van der Waals surface area contributed by atoms with E-state index >= 15 is 0 Å². The lowest BCUT2D eigenvalue weighted by Crippen LogP contribution is -2.30. The number of benzene rings is 6. The lowest BCUT2D eigenvalue weighted by Gasteiger charge is -2.21. The van der Waals surface area contributed by atoms with Gasteiger partial charge >= 0.3 is 0 Å². The van der Waals surface area contributed by atoms with Crippen LogP contribution >= 0.6 is 0 Å². The molecule has 522 valence electrons. The van der Waals surface area contributed by atoms with Gasteiger partial charge in [0.2, 0.25) is 17.6 Å². The van der Waals surface area contributed by atoms with Crippen LogP contribution < -0.4 is 45.6 Å². The lowest BCUT2D eigenvalue weighted by atomic mass is 9.91. The molecule has 0 fully saturated rings. The van der Waals surface area contributed by atoms with Crippen LogP contribution in [0, 0.1) is 76.7 Å². The first-order valence-electron chi connectivity index (χ1n) is 31.5. The van der Waals surface area contributed by atoms with Crippen LogP contribution in [0.5, 0.6) is 34.9 Å². The predicted octanol–water partition coefficient (Wildman–Crippen LogP) is 16.3. The van der Waals surface area contributed by atoms with Crippen LogP contribution in [-0.4, -0.2) is 45.3 Å². The molecule has 24 heteroatoms. The molecule has 3 heterocycles. The number of carbonyl (C=O) groups excluding carboxylic acids is 3. The molecule has 0 radical (unpaired) electrons. The SMILES string of the molecule is Cc1cc(C)c(Oc2nc(C(C)(C)C)ccc2C(=O)NS(=N)(=O)c2cccc(N)c2)c(C)c1.Cc1cc(C)c(Oc2nc(C(C)(C)C)ccc2C(=O)NS(=N)(=O)c2cccc(N)c2)c(C)c1.Cc1cc(C)c(Oc2nc(C(C)(C)C)ccc2C(=O)NS(=N)(=O)c2cccc(N)c2)c(C)c1. The highest BCUT2D eigenvalue weighted by molar-refractivity contribution is 7.91. The van der Waals surface area contributed by atoms with Gasteiger partial charge in [0.15, 0.2) is 29.7 Å². The first kappa shape index (κ1) is 76.2. The number of nitrogen functional groups attached to an aromatic ring is 3. The molecule has 0 bridgehead atoms. The van der Waals surface area contributed by atoms with Gasteiger partial charge in [0, 0.05) is 50.4 Å². The monoisotopic (exact) mass is 1400 g/mol. The fourth-order valence-corrected chi connectivity index (χ4v) is 13.6. The Morgan fingerprint density at radius 2 is 0.566 bits per heavy atom. The van der Waals surface area contributed by atoms with Gasteiger partial charge in [-0.05, 0) is 187 Å². The number of nitrogens with one attached hydrogen (secondary N) is 6. The summed E-state index contributed by atoms with van der Waals surface area (Å²) in [6.07, 6.45) is 0. The minimum atomic E-state index is -3.64. The highest BCUT2D eigenvalue weighted by Gasteiger charge is 2.29. The summed E-state index contributed by atoms with van der Waals surface area (Å²) < 4.78 is 89.2. The molecule has 0 spiro atoms. The summed E-state index contributed by atoms with van der Waals surface area (Å²) in [5.74, 6) is -0.0522. The molecule has 9 aromatic rings. The van der Waals surface area contributed by atoms with Crippen molar-refractivity contribution in [3.8, 4) is 34.9 Å². The van der Waals surface area contributed by atoms with E-state index in [9.17, 15) is 27.0 Å². The van der Waals surface area contributed by atoms with E-state index < -0.39 is 47.5 Å². The number of carbonyl (C=O) groups is 3. The first-order chi connectivity index (χ1) is 45.8. The van der Waals surface area contributed by atoms with Crippen LogP contribution in [0.15, 0.2) is 160 Å². The Bertz CT molecular complexity index is 4400. The zero-order valence-electron chi connectivity index (χ0n) is 59.3. The van der Waals surface area contributed by atoms with Gasteiger partial charge in [-0.3, -0.25) is 28.5 Å². The van der Waals surface area contributed by atoms with Gasteiger partial charge in [-0.25, -0.2) is 41.9 Å². The van der Waals surface area contributed by atoms with E-state index in [0.717, 1.165) is 67.2 Å². The number of hydrogen-bond donors (Lipinski definition) is 9. The molecule has 0 aliphatic rings. The third-order valence-corrected chi connectivity index (χ3v) is 19.5. The van der Waals surface area contributed by atoms with Gasteiger partial charge in [-0.2, -0.15) is 0 Å². The number of hydrogen-bond acceptors (Lipinski definition) is 18. The zero-order chi connectivity index (χ0) is 73.7. The smallest absolute Gasteiger partial charge is 0.269 e. The molecule has 6 aromatic carbocycles. The molecule has 0 aliphatic carbocycles. The maximum atomic E-state index is 13.2. The van der Waals surface area contributed by atoms with Crippen LogP contribution in [0.25, 0.3) is 0 Å². The number of nitrogens with zero attached hydrogens (tertiary/aromatic N) is 3. The largest absolute Gasteiger partial charge is 0.438 e. The molecule has 0 saturated carbocycles. The second-order valence-electron chi connectivity index (χ2n) is 27.6. The number of ether oxygens (including phenoxy) is 3. The number of nitrogens with two attached hydrogens (primary N) is 3. The molecular weight excluding hydrogens is 1310 g/mol. The molecule has 3 aromatic heterocycles. The zero-order valence-corrected chi connectivity index (χ0v) is 61.8. The van der Waals surface area contributed by atoms with Crippen molar-refractivity contribution >= 4 is 64.5 Å². The van der Waals surface area contributed by atoms with E-state index in [4.69, 9.17) is 45.8 Å². The highest BCUT2D eigenvalue weighted by atomic mass is 32.2. The molecule has 0 aliphatic heterocycles. The minimum absolute atomic E-state index is 0.0891. The Morgan fingerprint density at radius 1 is 0.354 bits per heavy atom. The van der Waals surface area contributed by atoms with Crippen molar-refractivity contribution in [2.45, 2.75) is 156 Å². The van der Waals surface area contributed by atoms with Crippen LogP contribution in [0.1, 0.15) is 161 Å². The van der Waals surface area contributed by atoms with Gasteiger partial charge in [0.05, 0.1) is 14.7 Å². The second kappa shape index (κ2) is 29.9. The van der Waals surface area contributed by atoms with Crippen molar-refractivity contribution in [3.05, 3.63) is 229 Å². The summed E-state index contributed by atoms with van der Waals surface area (Å²) >= 11 is 0. The van der Waals surface area contributed by atoms with Crippen molar-refractivity contribution in [1.82, 2.24) is 29.1 Å². The van der Waals surface area contributed by atoms with Crippen molar-refractivity contribution in [3.63, 3.8) is 0 Å². The van der Waals surface area contributed by atoms with Crippen LogP contribution in [0.4, 0.5) is 17.1 Å². The quantitative estimate of drug-likeness (QED) is 0.0431. The number of amides is 3. The van der Waals surface area contributed by atoms with Crippen LogP contribution in [-0.2, 0) is 46.0 Å². The van der Waals surface area contributed by atoms with E-state index in [-0.39, 0.29) is 65.3 Å². The maximum Gasteiger partial charge on any atom is 0.269 e. The van der Waals surface area contributed by atoms with Crippen molar-refractivity contribution < 1.29 is 41.2 Å². The highest BCUT2D eigenvalue weighted by Crippen LogP contribution is 2.37. The lowest BCUT2D eigenvalue weighted by molar-refractivity contribution is 0.0970. The summed E-state index contributed by atoms with van der Waals surface area (Å²) in [5, 5.41) is 0. The Morgan fingerprint density at radius 3 is 0.758 bits per heavy atom. The average Bonchev–Trinajstić information content (AvgIpc) is 0.809. The van der Waals surface area contributed by atoms with E-state index in [1.54, 1.807) is 72.8 Å². The number of aryl methyl sites for hydroxylation is 9. The normalized spacial score (nSPS) is 13.3. The summed E-state index contributed by atoms with van der Waals surface area (Å²) in [4.78, 5) is 53.7. The van der Waals surface area contributed by atoms with Crippen LogP contribution in [0.2, 0.25) is 0 Å². The predicted molar refractivity (Wildman–Crippen MR) is 393 cm³/mol. The molecule has 9 rings (SSSR count). The third-order valence-electron chi connectivity index (χ3n) is 15.3. The number of rotatable bonds is 15. The summed E-state index contributed by atoms with van der Waals surface area (Å²) in [6, 6.07) is 40.2. The fraction of sp³-hybridized carbons (Fsp3) is 0.280. The average molecular weight is 1400 g/mol. The topological polar surface area (TPSA) is 354 Å². The third kappa shape index (κ3) is 19.6. The second-order valence-corrected chi connectivity index (χ2v) is 32.9. The van der Waals surface area contributed by atoms with E-state index in [0.29, 0.717) is 34.3 Å². The Labute approximate surface area is 582 Å². The molecule has 3 atom stereocenters. The standard InChI is InChI=1S/3C25H30N4O3S/c3*1-15-12-16(2)22(17(3)13-15)32-24-20(10-11-21(28-24)25(4,5)6)23(30)29-33(27,31)19-9-7-8-18(26)14-19/h3*7-14H,26H2,1-6H3,(H2,27,29,30,31). The van der Waals surface area contributed by atoms with Gasteiger partial charge in [0.25, 0.3) is 17.7 Å². The molecule has 3 unspecified atom stereocenters. The first-order valence-corrected chi connectivity index (χ1v) is 36.2. The van der Waals surface area contributed by atoms with E-state index in [1.807, 2.05) is 161 Å². The van der Waals surface area contributed by atoms with Crippen molar-refractivity contribution in [1.29, 1.82) is 14.3 Å². The Kier molecular flexibility index (Phi) is 23.0. The van der Waals surface area contributed by atoms with Gasteiger partial charge in [-0.15, -0.1) is 0 Å². The summed E-state index contributed by atoms with van der Waals surface area (Å²) in [5.41, 5.74) is 28.7. The van der Waals surface area contributed by atoms with E-state index in [2.05, 4.69) is 29.1 Å². The number of pyridine rings is 3. The summed E-state index contributed by atoms with van der Waals surface area (Å²) in [6.45, 7) is 35.7. The Hall–Kier alpha value is -10.2. The van der Waals surface area contributed by atoms with Gasteiger partial charge < -0.3 is 31.4 Å². The van der Waals surface area contributed by atoms with Crippen molar-refractivity contribution in [2.75, 3.05) is 17.2 Å². The fourth-order valence-electron chi connectivity index (χ4n) is 10.4. The molecule has 3 amide bonds. The summed E-state index contributed by atoms with van der Waals surface area (Å²) in [7, 11) is -10.9. The van der Waals surface area contributed by atoms with Gasteiger partial charge in [0.1, 0.15) is 33.9 Å². The van der Waals surface area contributed by atoms with Gasteiger partial charge in [-0.1, -0.05) is 134 Å². The number of aromatic nitrogens is 3. The van der Waals surface area contributed by atoms with Crippen LogP contribution in [0.3, 0.4) is 0 Å². The van der Waals surface area contributed by atoms with E-state index in [1.165, 1.54) is 36.4 Å². The molecular formula is C75H90N12O9S3.